The van der Waals surface area contributed by atoms with E-state index >= 15 is 0 Å². The van der Waals surface area contributed by atoms with Crippen LogP contribution >= 0.6 is 0 Å². The van der Waals surface area contributed by atoms with Crippen LogP contribution in [0.3, 0.4) is 0 Å². The number of hydrogen-bond donors (Lipinski definition) is 2. The van der Waals surface area contributed by atoms with E-state index in [9.17, 15) is 8.42 Å². The van der Waals surface area contributed by atoms with Crippen LogP contribution < -0.4 is 10.5 Å². The highest BCUT2D eigenvalue weighted by Gasteiger charge is 2.31. The fourth-order valence-electron chi connectivity index (χ4n) is 2.37. The van der Waals surface area contributed by atoms with Crippen LogP contribution in [0.25, 0.3) is 0 Å². The summed E-state index contributed by atoms with van der Waals surface area (Å²) in [6.45, 7) is 4.84. The minimum atomic E-state index is -3.31. The molecule has 1 fully saturated rings. The maximum atomic E-state index is 12.1. The van der Waals surface area contributed by atoms with Crippen molar-refractivity contribution in [3.8, 4) is 0 Å². The van der Waals surface area contributed by atoms with Gasteiger partial charge in [-0.25, -0.2) is 4.72 Å². The van der Waals surface area contributed by atoms with Gasteiger partial charge in [-0.1, -0.05) is 13.8 Å². The largest absolute Gasteiger partial charge is 0.328 e. The summed E-state index contributed by atoms with van der Waals surface area (Å²) in [5, 5.41) is 0. The smallest absolute Gasteiger partial charge is 0.279 e. The van der Waals surface area contributed by atoms with Crippen molar-refractivity contribution >= 4 is 10.2 Å². The lowest BCUT2D eigenvalue weighted by molar-refractivity contribution is 0.238. The maximum absolute atomic E-state index is 12.1. The highest BCUT2D eigenvalue weighted by atomic mass is 32.2. The Labute approximate surface area is 105 Å². The van der Waals surface area contributed by atoms with Crippen LogP contribution in [0.2, 0.25) is 0 Å². The molecule has 0 aromatic carbocycles. The molecule has 0 amide bonds. The molecule has 3 N–H and O–H groups in total. The molecule has 17 heavy (non-hydrogen) atoms. The minimum Gasteiger partial charge on any atom is -0.328 e. The molecular formula is C11H25N3O2S. The van der Waals surface area contributed by atoms with Crippen LogP contribution in [0.1, 0.15) is 46.0 Å². The van der Waals surface area contributed by atoms with Crippen molar-refractivity contribution in [2.75, 3.05) is 13.1 Å². The summed E-state index contributed by atoms with van der Waals surface area (Å²) >= 11 is 0. The van der Waals surface area contributed by atoms with Crippen molar-refractivity contribution in [2.24, 2.45) is 5.73 Å². The number of nitrogens with zero attached hydrogens (tertiary/aromatic N) is 1. The van der Waals surface area contributed by atoms with Crippen LogP contribution in [0, 0.1) is 0 Å². The molecule has 102 valence electrons. The van der Waals surface area contributed by atoms with Gasteiger partial charge in [-0.2, -0.15) is 12.7 Å². The van der Waals surface area contributed by atoms with Crippen LogP contribution in [-0.4, -0.2) is 37.9 Å². The van der Waals surface area contributed by atoms with Gasteiger partial charge in [0.2, 0.25) is 0 Å². The van der Waals surface area contributed by atoms with E-state index < -0.39 is 10.2 Å². The molecule has 1 aliphatic rings. The van der Waals surface area contributed by atoms with E-state index in [1.165, 1.54) is 0 Å². The highest BCUT2D eigenvalue weighted by molar-refractivity contribution is 7.87. The average Bonchev–Trinajstić information content (AvgIpc) is 2.27. The number of nitrogens with two attached hydrogens (primary N) is 1. The fraction of sp³-hybridized carbons (Fsp3) is 1.00. The van der Waals surface area contributed by atoms with Gasteiger partial charge in [-0.3, -0.25) is 0 Å². The van der Waals surface area contributed by atoms with Gasteiger partial charge >= 0.3 is 0 Å². The predicted molar refractivity (Wildman–Crippen MR) is 69.8 cm³/mol. The van der Waals surface area contributed by atoms with Crippen LogP contribution in [-0.2, 0) is 10.2 Å². The molecular weight excluding hydrogens is 238 g/mol. The van der Waals surface area contributed by atoms with Gasteiger partial charge in [-0.05, 0) is 32.1 Å². The first-order valence-electron chi connectivity index (χ1n) is 6.53. The van der Waals surface area contributed by atoms with Gasteiger partial charge in [-0.15, -0.1) is 0 Å². The van der Waals surface area contributed by atoms with E-state index in [4.69, 9.17) is 5.73 Å². The van der Waals surface area contributed by atoms with Crippen molar-refractivity contribution in [2.45, 2.75) is 58.0 Å². The summed E-state index contributed by atoms with van der Waals surface area (Å²) in [5.74, 6) is 0. The average molecular weight is 263 g/mol. The van der Waals surface area contributed by atoms with Gasteiger partial charge < -0.3 is 5.73 Å². The highest BCUT2D eigenvalue weighted by Crippen LogP contribution is 2.24. The topological polar surface area (TPSA) is 75.4 Å². The van der Waals surface area contributed by atoms with Crippen molar-refractivity contribution in [3.05, 3.63) is 0 Å². The minimum absolute atomic E-state index is 0.124. The predicted octanol–water partition coefficient (Wildman–Crippen LogP) is 0.823. The Hall–Kier alpha value is -0.170. The molecule has 0 aromatic rings. The van der Waals surface area contributed by atoms with E-state index in [1.54, 1.807) is 11.2 Å². The second-order valence-electron chi connectivity index (χ2n) is 4.68. The number of nitrogens with one attached hydrogen (secondary N) is 1. The second-order valence-corrected chi connectivity index (χ2v) is 6.39. The molecule has 1 aliphatic carbocycles. The van der Waals surface area contributed by atoms with Gasteiger partial charge in [0.15, 0.2) is 0 Å². The Kier molecular flexibility index (Phi) is 5.85. The maximum Gasteiger partial charge on any atom is 0.279 e. The van der Waals surface area contributed by atoms with Crippen molar-refractivity contribution in [1.82, 2.24) is 9.03 Å². The number of rotatable bonds is 6. The lowest BCUT2D eigenvalue weighted by Gasteiger charge is -2.34. The van der Waals surface area contributed by atoms with Gasteiger partial charge in [0.1, 0.15) is 0 Å². The molecule has 5 nitrogen and oxygen atoms in total. The summed E-state index contributed by atoms with van der Waals surface area (Å²) in [7, 11) is -3.31. The molecule has 0 heterocycles. The monoisotopic (exact) mass is 263 g/mol. The zero-order valence-electron chi connectivity index (χ0n) is 10.9. The first kappa shape index (κ1) is 14.9. The van der Waals surface area contributed by atoms with Crippen molar-refractivity contribution < 1.29 is 8.42 Å². The zero-order chi connectivity index (χ0) is 12.9. The van der Waals surface area contributed by atoms with E-state index in [1.807, 2.05) is 6.92 Å². The molecule has 1 saturated carbocycles. The first-order valence-corrected chi connectivity index (χ1v) is 7.97. The molecule has 0 aliphatic heterocycles. The van der Waals surface area contributed by atoms with Crippen LogP contribution in [0.4, 0.5) is 0 Å². The lowest BCUT2D eigenvalue weighted by atomic mass is 9.92. The normalized spacial score (nSPS) is 26.4. The molecule has 1 rings (SSSR count). The van der Waals surface area contributed by atoms with Gasteiger partial charge in [0.25, 0.3) is 10.2 Å². The third kappa shape index (κ3) is 4.21. The van der Waals surface area contributed by atoms with E-state index in [2.05, 4.69) is 4.72 Å². The molecule has 0 saturated heterocycles. The third-order valence-corrected chi connectivity index (χ3v) is 4.98. The second kappa shape index (κ2) is 6.68. The summed E-state index contributed by atoms with van der Waals surface area (Å²) in [5.41, 5.74) is 5.86. The summed E-state index contributed by atoms with van der Waals surface area (Å²) in [4.78, 5) is 0. The van der Waals surface area contributed by atoms with Crippen LogP contribution in [0.15, 0.2) is 0 Å². The van der Waals surface area contributed by atoms with Gasteiger partial charge in [0.05, 0.1) is 0 Å². The van der Waals surface area contributed by atoms with Crippen molar-refractivity contribution in [1.29, 1.82) is 0 Å². The molecule has 0 radical (unpaired) electrons. The summed E-state index contributed by atoms with van der Waals surface area (Å²) < 4.78 is 28.4. The third-order valence-electron chi connectivity index (χ3n) is 3.23. The molecule has 0 bridgehead atoms. The standard InChI is InChI=1S/C11H25N3O2S/c1-3-9-14(17(15,16)13-4-2)11-7-5-10(12)6-8-11/h10-11,13H,3-9,12H2,1-2H3. The first-order chi connectivity index (χ1) is 8.01. The SMILES string of the molecule is CCCN(C1CCC(N)CC1)S(=O)(=O)NCC. The summed E-state index contributed by atoms with van der Waals surface area (Å²) in [6.07, 6.45) is 4.45. The van der Waals surface area contributed by atoms with E-state index in [-0.39, 0.29) is 12.1 Å². The molecule has 0 aromatic heterocycles. The molecule has 0 atom stereocenters. The van der Waals surface area contributed by atoms with E-state index in [0.717, 1.165) is 32.1 Å². The number of hydrogen-bond acceptors (Lipinski definition) is 3. The Morgan fingerprint density at radius 3 is 2.29 bits per heavy atom. The van der Waals surface area contributed by atoms with Crippen LogP contribution in [0.5, 0.6) is 0 Å². The lowest BCUT2D eigenvalue weighted by Crippen LogP contribution is -2.49. The summed E-state index contributed by atoms with van der Waals surface area (Å²) in [6, 6.07) is 0.371. The molecule has 0 unspecified atom stereocenters. The van der Waals surface area contributed by atoms with Gasteiger partial charge in [0, 0.05) is 25.2 Å². The van der Waals surface area contributed by atoms with Crippen molar-refractivity contribution in [3.63, 3.8) is 0 Å². The molecule has 0 spiro atoms. The fourth-order valence-corrected chi connectivity index (χ4v) is 3.93. The Bertz CT molecular complexity index is 311. The Morgan fingerprint density at radius 1 is 1.24 bits per heavy atom. The quantitative estimate of drug-likeness (QED) is 0.745. The molecule has 6 heteroatoms. The Morgan fingerprint density at radius 2 is 1.82 bits per heavy atom. The zero-order valence-corrected chi connectivity index (χ0v) is 11.7. The van der Waals surface area contributed by atoms with E-state index in [0.29, 0.717) is 13.1 Å². The Balaban J connectivity index is 2.71.